The molecule has 5 rings (SSSR count). The summed E-state index contributed by atoms with van der Waals surface area (Å²) in [5.41, 5.74) is 2.46. The highest BCUT2D eigenvalue weighted by atomic mass is 16.5. The zero-order chi connectivity index (χ0) is 21.8. The average Bonchev–Trinajstić information content (AvgIpc) is 3.27. The van der Waals surface area contributed by atoms with E-state index in [1.54, 1.807) is 24.2 Å². The van der Waals surface area contributed by atoms with E-state index in [-0.39, 0.29) is 0 Å². The standard InChI is InChI=1S/C23H30N8O/c1-32-21-10-18(12-24-13-21)22-16-31(29-27-22)15-20-7-8-23(28-26-20)30-9-3-6-19(14-30)25-11-17-4-2-5-17/h7-8,10,12-13,16-17,19,25H,2-6,9,11,14-15H2,1H3. The van der Waals surface area contributed by atoms with E-state index in [2.05, 4.69) is 41.8 Å². The summed E-state index contributed by atoms with van der Waals surface area (Å²) < 4.78 is 7.00. The van der Waals surface area contributed by atoms with Gasteiger partial charge in [-0.05, 0) is 56.3 Å². The Balaban J connectivity index is 1.18. The summed E-state index contributed by atoms with van der Waals surface area (Å²) in [5.74, 6) is 2.53. The van der Waals surface area contributed by atoms with Crippen LogP contribution in [0.15, 0.2) is 36.8 Å². The second-order valence-corrected chi connectivity index (χ2v) is 8.79. The van der Waals surface area contributed by atoms with Crippen LogP contribution in [0, 0.1) is 5.92 Å². The minimum Gasteiger partial charge on any atom is -0.495 e. The third-order valence-corrected chi connectivity index (χ3v) is 6.48. The molecule has 2 aliphatic rings. The zero-order valence-electron chi connectivity index (χ0n) is 18.5. The number of piperidine rings is 1. The Morgan fingerprint density at radius 1 is 1.09 bits per heavy atom. The third-order valence-electron chi connectivity index (χ3n) is 6.48. The van der Waals surface area contributed by atoms with Crippen molar-refractivity contribution in [3.8, 4) is 17.0 Å². The van der Waals surface area contributed by atoms with Gasteiger partial charge in [-0.25, -0.2) is 4.68 Å². The molecule has 2 fully saturated rings. The van der Waals surface area contributed by atoms with Gasteiger partial charge in [0.25, 0.3) is 0 Å². The first-order valence-corrected chi connectivity index (χ1v) is 11.5. The van der Waals surface area contributed by atoms with Crippen molar-refractivity contribution in [1.82, 2.24) is 35.5 Å². The van der Waals surface area contributed by atoms with Crippen LogP contribution in [-0.2, 0) is 6.54 Å². The molecule has 1 atom stereocenters. The molecule has 0 aromatic carbocycles. The number of aromatic nitrogens is 6. The lowest BCUT2D eigenvalue weighted by atomic mass is 9.85. The van der Waals surface area contributed by atoms with Crippen LogP contribution in [0.5, 0.6) is 5.75 Å². The fraction of sp³-hybridized carbons (Fsp3) is 0.522. The summed E-state index contributed by atoms with van der Waals surface area (Å²) >= 11 is 0. The van der Waals surface area contributed by atoms with E-state index in [4.69, 9.17) is 4.74 Å². The van der Waals surface area contributed by atoms with Crippen molar-refractivity contribution in [3.05, 3.63) is 42.5 Å². The fourth-order valence-electron chi connectivity index (χ4n) is 4.33. The minimum absolute atomic E-state index is 0.517. The van der Waals surface area contributed by atoms with Crippen molar-refractivity contribution < 1.29 is 4.74 Å². The molecule has 1 N–H and O–H groups in total. The van der Waals surface area contributed by atoms with E-state index < -0.39 is 0 Å². The first kappa shape index (κ1) is 20.8. The Kier molecular flexibility index (Phi) is 6.24. The lowest BCUT2D eigenvalue weighted by molar-refractivity contribution is 0.280. The van der Waals surface area contributed by atoms with Crippen molar-refractivity contribution in [2.24, 2.45) is 5.92 Å². The van der Waals surface area contributed by atoms with E-state index in [9.17, 15) is 0 Å². The first-order valence-electron chi connectivity index (χ1n) is 11.5. The Morgan fingerprint density at radius 2 is 2.03 bits per heavy atom. The van der Waals surface area contributed by atoms with Gasteiger partial charge in [-0.2, -0.15) is 5.10 Å². The maximum absolute atomic E-state index is 5.23. The predicted molar refractivity (Wildman–Crippen MR) is 122 cm³/mol. The number of rotatable bonds is 8. The molecule has 9 nitrogen and oxygen atoms in total. The average molecular weight is 435 g/mol. The molecule has 1 aliphatic carbocycles. The van der Waals surface area contributed by atoms with Crippen LogP contribution < -0.4 is 15.0 Å². The van der Waals surface area contributed by atoms with Gasteiger partial charge in [0.15, 0.2) is 5.82 Å². The number of ether oxygens (including phenoxy) is 1. The van der Waals surface area contributed by atoms with Crippen LogP contribution in [0.4, 0.5) is 5.82 Å². The van der Waals surface area contributed by atoms with E-state index >= 15 is 0 Å². The number of hydrogen-bond donors (Lipinski definition) is 1. The van der Waals surface area contributed by atoms with Gasteiger partial charge in [0.05, 0.1) is 31.7 Å². The molecular formula is C23H30N8O. The van der Waals surface area contributed by atoms with Crippen molar-refractivity contribution in [2.75, 3.05) is 31.6 Å². The summed E-state index contributed by atoms with van der Waals surface area (Å²) in [6, 6.07) is 6.54. The van der Waals surface area contributed by atoms with Gasteiger partial charge in [0, 0.05) is 30.9 Å². The van der Waals surface area contributed by atoms with E-state index in [1.165, 1.54) is 32.1 Å². The van der Waals surface area contributed by atoms with Crippen molar-refractivity contribution in [3.63, 3.8) is 0 Å². The van der Waals surface area contributed by atoms with Gasteiger partial charge in [-0.15, -0.1) is 10.2 Å². The summed E-state index contributed by atoms with van der Waals surface area (Å²) in [7, 11) is 1.62. The molecule has 32 heavy (non-hydrogen) atoms. The Morgan fingerprint density at radius 3 is 2.81 bits per heavy atom. The van der Waals surface area contributed by atoms with Crippen molar-refractivity contribution in [1.29, 1.82) is 0 Å². The number of pyridine rings is 1. The molecule has 0 radical (unpaired) electrons. The van der Waals surface area contributed by atoms with E-state index in [1.807, 2.05) is 18.3 Å². The van der Waals surface area contributed by atoms with Crippen LogP contribution in [0.1, 0.15) is 37.8 Å². The predicted octanol–water partition coefficient (Wildman–Crippen LogP) is 2.55. The summed E-state index contributed by atoms with van der Waals surface area (Å²) in [4.78, 5) is 6.53. The van der Waals surface area contributed by atoms with Gasteiger partial charge < -0.3 is 15.0 Å². The second kappa shape index (κ2) is 9.60. The fourth-order valence-corrected chi connectivity index (χ4v) is 4.33. The van der Waals surface area contributed by atoms with Crippen LogP contribution in [-0.4, -0.2) is 63.0 Å². The highest BCUT2D eigenvalue weighted by molar-refractivity contribution is 5.58. The lowest BCUT2D eigenvalue weighted by Gasteiger charge is -2.35. The molecule has 0 bridgehead atoms. The highest BCUT2D eigenvalue weighted by Crippen LogP contribution is 2.26. The van der Waals surface area contributed by atoms with Gasteiger partial charge in [-0.3, -0.25) is 4.98 Å². The van der Waals surface area contributed by atoms with E-state index in [0.29, 0.717) is 18.3 Å². The molecule has 0 amide bonds. The molecule has 1 saturated carbocycles. The molecule has 4 heterocycles. The molecule has 0 spiro atoms. The lowest BCUT2D eigenvalue weighted by Crippen LogP contribution is -2.47. The summed E-state index contributed by atoms with van der Waals surface area (Å²) in [6.45, 7) is 3.72. The first-order chi connectivity index (χ1) is 15.8. The normalized spacial score (nSPS) is 19.0. The minimum atomic E-state index is 0.517. The molecular weight excluding hydrogens is 404 g/mol. The van der Waals surface area contributed by atoms with Crippen molar-refractivity contribution in [2.45, 2.75) is 44.7 Å². The van der Waals surface area contributed by atoms with E-state index in [0.717, 1.165) is 48.3 Å². The van der Waals surface area contributed by atoms with Gasteiger partial charge in [0.2, 0.25) is 0 Å². The molecule has 168 valence electrons. The topological polar surface area (TPSA) is 93.9 Å². The van der Waals surface area contributed by atoms with Crippen molar-refractivity contribution >= 4 is 5.82 Å². The summed E-state index contributed by atoms with van der Waals surface area (Å²) in [6.07, 6.45) is 11.9. The van der Waals surface area contributed by atoms with Crippen LogP contribution in [0.25, 0.3) is 11.3 Å². The monoisotopic (exact) mass is 434 g/mol. The quantitative estimate of drug-likeness (QED) is 0.578. The smallest absolute Gasteiger partial charge is 0.151 e. The van der Waals surface area contributed by atoms with Crippen LogP contribution in [0.3, 0.4) is 0 Å². The Labute approximate surface area is 188 Å². The van der Waals surface area contributed by atoms with Crippen LogP contribution >= 0.6 is 0 Å². The summed E-state index contributed by atoms with van der Waals surface area (Å²) in [5, 5.41) is 21.2. The number of methoxy groups -OCH3 is 1. The zero-order valence-corrected chi connectivity index (χ0v) is 18.5. The van der Waals surface area contributed by atoms with Gasteiger partial charge in [-0.1, -0.05) is 11.6 Å². The second-order valence-electron chi connectivity index (χ2n) is 8.79. The third kappa shape index (κ3) is 4.88. The number of nitrogens with zero attached hydrogens (tertiary/aromatic N) is 7. The Hall–Kier alpha value is -3.07. The van der Waals surface area contributed by atoms with Gasteiger partial charge >= 0.3 is 0 Å². The van der Waals surface area contributed by atoms with Crippen LogP contribution in [0.2, 0.25) is 0 Å². The molecule has 9 heteroatoms. The largest absolute Gasteiger partial charge is 0.495 e. The number of hydrogen-bond acceptors (Lipinski definition) is 8. The Bertz CT molecular complexity index is 1020. The SMILES string of the molecule is COc1cncc(-c2cn(Cc3ccc(N4CCCC(NCC5CCC5)C4)nn3)nn2)c1. The molecule has 3 aromatic heterocycles. The maximum atomic E-state index is 5.23. The molecule has 1 aliphatic heterocycles. The molecule has 3 aromatic rings. The molecule has 1 saturated heterocycles. The number of anilines is 1. The number of nitrogens with one attached hydrogen (secondary N) is 1. The highest BCUT2D eigenvalue weighted by Gasteiger charge is 2.23. The molecule has 1 unspecified atom stereocenters. The maximum Gasteiger partial charge on any atom is 0.151 e. The van der Waals surface area contributed by atoms with Gasteiger partial charge in [0.1, 0.15) is 11.4 Å².